The number of aromatic amines is 1. The van der Waals surface area contributed by atoms with E-state index in [0.717, 1.165) is 28.0 Å². The third-order valence-electron chi connectivity index (χ3n) is 2.81. The molecule has 0 atom stereocenters. The van der Waals surface area contributed by atoms with Gasteiger partial charge in [0.1, 0.15) is 10.8 Å². The summed E-state index contributed by atoms with van der Waals surface area (Å²) in [5.74, 6) is 0.852. The Kier molecular flexibility index (Phi) is 2.57. The molecule has 0 radical (unpaired) electrons. The maximum atomic E-state index is 5.62. The average Bonchev–Trinajstić information content (AvgIpc) is 2.82. The molecule has 1 heterocycles. The molecule has 2 aromatic carbocycles. The van der Waals surface area contributed by atoms with Crippen LogP contribution in [-0.4, -0.2) is 15.0 Å². The molecule has 3 rings (SSSR count). The number of nitrogens with one attached hydrogen (secondary N) is 1. The largest absolute Gasteiger partial charge is 0.389 e. The summed E-state index contributed by atoms with van der Waals surface area (Å²) in [5.41, 5.74) is 9.38. The van der Waals surface area contributed by atoms with Crippen molar-refractivity contribution >= 4 is 28.2 Å². The van der Waals surface area contributed by atoms with Gasteiger partial charge in [-0.25, -0.2) is 4.98 Å². The highest BCUT2D eigenvalue weighted by Crippen LogP contribution is 2.20. The molecule has 0 spiro atoms. The predicted octanol–water partition coefficient (Wildman–Crippen LogP) is 2.86. The molecule has 0 aliphatic carbocycles. The zero-order valence-electron chi connectivity index (χ0n) is 9.55. The highest BCUT2D eigenvalue weighted by molar-refractivity contribution is 7.80. The molecule has 0 fully saturated rings. The van der Waals surface area contributed by atoms with Crippen LogP contribution < -0.4 is 5.73 Å². The number of thiocarbonyl (C=S) groups is 1. The predicted molar refractivity (Wildman–Crippen MR) is 77.4 cm³/mol. The molecule has 0 amide bonds. The van der Waals surface area contributed by atoms with Gasteiger partial charge in [-0.3, -0.25) is 0 Å². The smallest absolute Gasteiger partial charge is 0.138 e. The van der Waals surface area contributed by atoms with Crippen LogP contribution in [0, 0.1) is 0 Å². The van der Waals surface area contributed by atoms with Gasteiger partial charge in [0.15, 0.2) is 0 Å². The van der Waals surface area contributed by atoms with Gasteiger partial charge in [-0.15, -0.1) is 0 Å². The van der Waals surface area contributed by atoms with Crippen molar-refractivity contribution in [2.75, 3.05) is 0 Å². The molecule has 18 heavy (non-hydrogen) atoms. The van der Waals surface area contributed by atoms with Crippen molar-refractivity contribution in [1.82, 2.24) is 9.97 Å². The summed E-state index contributed by atoms with van der Waals surface area (Å²) in [6.07, 6.45) is 0. The van der Waals surface area contributed by atoms with E-state index in [9.17, 15) is 0 Å². The zero-order chi connectivity index (χ0) is 12.5. The summed E-state index contributed by atoms with van der Waals surface area (Å²) < 4.78 is 0. The number of hydrogen-bond acceptors (Lipinski definition) is 2. The number of nitrogens with two attached hydrogens (primary N) is 1. The molecule has 0 saturated carbocycles. The SMILES string of the molecule is NC(=S)c1ccc2nc(-c3ccccc3)[nH]c2c1. The summed E-state index contributed by atoms with van der Waals surface area (Å²) >= 11 is 4.97. The number of aromatic nitrogens is 2. The first-order valence-electron chi connectivity index (χ1n) is 5.59. The Labute approximate surface area is 110 Å². The average molecular weight is 253 g/mol. The van der Waals surface area contributed by atoms with Crippen LogP contribution in [0.1, 0.15) is 5.56 Å². The number of imidazole rings is 1. The molecule has 88 valence electrons. The summed E-state index contributed by atoms with van der Waals surface area (Å²) in [7, 11) is 0. The monoisotopic (exact) mass is 253 g/mol. The van der Waals surface area contributed by atoms with Crippen LogP contribution >= 0.6 is 12.2 Å². The van der Waals surface area contributed by atoms with Crippen molar-refractivity contribution in [3.8, 4) is 11.4 Å². The Morgan fingerprint density at radius 1 is 1.11 bits per heavy atom. The number of hydrogen-bond donors (Lipinski definition) is 2. The van der Waals surface area contributed by atoms with E-state index in [0.29, 0.717) is 4.99 Å². The van der Waals surface area contributed by atoms with Gasteiger partial charge in [-0.05, 0) is 18.2 Å². The molecular formula is C14H11N3S. The first kappa shape index (κ1) is 10.9. The second-order valence-electron chi connectivity index (χ2n) is 4.05. The highest BCUT2D eigenvalue weighted by atomic mass is 32.1. The minimum absolute atomic E-state index is 0.396. The third-order valence-corrected chi connectivity index (χ3v) is 3.05. The van der Waals surface area contributed by atoms with E-state index in [1.165, 1.54) is 0 Å². The second-order valence-corrected chi connectivity index (χ2v) is 4.49. The lowest BCUT2D eigenvalue weighted by atomic mass is 10.2. The van der Waals surface area contributed by atoms with Gasteiger partial charge < -0.3 is 10.7 Å². The lowest BCUT2D eigenvalue weighted by Gasteiger charge is -1.96. The van der Waals surface area contributed by atoms with Crippen molar-refractivity contribution in [2.24, 2.45) is 5.73 Å². The van der Waals surface area contributed by atoms with E-state index in [4.69, 9.17) is 18.0 Å². The van der Waals surface area contributed by atoms with Gasteiger partial charge in [0.25, 0.3) is 0 Å². The summed E-state index contributed by atoms with van der Waals surface area (Å²) in [6.45, 7) is 0. The minimum atomic E-state index is 0.396. The van der Waals surface area contributed by atoms with E-state index in [1.54, 1.807) is 0 Å². The first-order valence-corrected chi connectivity index (χ1v) is 6.00. The van der Waals surface area contributed by atoms with E-state index >= 15 is 0 Å². The molecular weight excluding hydrogens is 242 g/mol. The summed E-state index contributed by atoms with van der Waals surface area (Å²) in [5, 5.41) is 0. The van der Waals surface area contributed by atoms with Gasteiger partial charge in [0, 0.05) is 11.1 Å². The quantitative estimate of drug-likeness (QED) is 0.690. The minimum Gasteiger partial charge on any atom is -0.389 e. The van der Waals surface area contributed by atoms with Crippen LogP contribution in [0.5, 0.6) is 0 Å². The number of benzene rings is 2. The van der Waals surface area contributed by atoms with E-state index in [1.807, 2.05) is 48.5 Å². The zero-order valence-corrected chi connectivity index (χ0v) is 10.4. The lowest BCUT2D eigenvalue weighted by Crippen LogP contribution is -2.08. The highest BCUT2D eigenvalue weighted by Gasteiger charge is 2.06. The molecule has 1 aromatic heterocycles. The van der Waals surface area contributed by atoms with Crippen molar-refractivity contribution < 1.29 is 0 Å². The Morgan fingerprint density at radius 3 is 2.61 bits per heavy atom. The Morgan fingerprint density at radius 2 is 1.89 bits per heavy atom. The topological polar surface area (TPSA) is 54.7 Å². The molecule has 0 saturated heterocycles. The summed E-state index contributed by atoms with van der Waals surface area (Å²) in [4.78, 5) is 8.22. The van der Waals surface area contributed by atoms with E-state index < -0.39 is 0 Å². The molecule has 0 bridgehead atoms. The van der Waals surface area contributed by atoms with Gasteiger partial charge >= 0.3 is 0 Å². The Hall–Kier alpha value is -2.20. The van der Waals surface area contributed by atoms with E-state index in [2.05, 4.69) is 9.97 Å². The van der Waals surface area contributed by atoms with Gasteiger partial charge in [0.05, 0.1) is 11.0 Å². The van der Waals surface area contributed by atoms with Crippen LogP contribution in [-0.2, 0) is 0 Å². The van der Waals surface area contributed by atoms with Gasteiger partial charge in [-0.1, -0.05) is 42.5 Å². The maximum absolute atomic E-state index is 5.62. The molecule has 0 unspecified atom stereocenters. The summed E-state index contributed by atoms with van der Waals surface area (Å²) in [6, 6.07) is 15.7. The lowest BCUT2D eigenvalue weighted by molar-refractivity contribution is 1.34. The Bertz CT molecular complexity index is 716. The van der Waals surface area contributed by atoms with Crippen LogP contribution in [0.2, 0.25) is 0 Å². The van der Waals surface area contributed by atoms with Crippen LogP contribution in [0.4, 0.5) is 0 Å². The molecule has 3 N–H and O–H groups in total. The normalized spacial score (nSPS) is 10.7. The van der Waals surface area contributed by atoms with E-state index in [-0.39, 0.29) is 0 Å². The molecule has 4 heteroatoms. The fourth-order valence-corrected chi connectivity index (χ4v) is 2.02. The molecule has 3 nitrogen and oxygen atoms in total. The molecule has 0 aliphatic rings. The fourth-order valence-electron chi connectivity index (χ4n) is 1.90. The first-order chi connectivity index (χ1) is 8.74. The van der Waals surface area contributed by atoms with Crippen LogP contribution in [0.15, 0.2) is 48.5 Å². The Balaban J connectivity index is 2.14. The maximum Gasteiger partial charge on any atom is 0.138 e. The van der Waals surface area contributed by atoms with Crippen molar-refractivity contribution in [2.45, 2.75) is 0 Å². The standard InChI is InChI=1S/C14H11N3S/c15-13(18)10-6-7-11-12(8-10)17-14(16-11)9-4-2-1-3-5-9/h1-8H,(H2,15,18)(H,16,17). The second kappa shape index (κ2) is 4.23. The molecule has 0 aliphatic heterocycles. The third kappa shape index (κ3) is 1.87. The van der Waals surface area contributed by atoms with Crippen molar-refractivity contribution in [3.63, 3.8) is 0 Å². The van der Waals surface area contributed by atoms with Gasteiger partial charge in [0.2, 0.25) is 0 Å². The number of rotatable bonds is 2. The number of nitrogens with zero attached hydrogens (tertiary/aromatic N) is 1. The number of fused-ring (bicyclic) bond motifs is 1. The van der Waals surface area contributed by atoms with Gasteiger partial charge in [-0.2, -0.15) is 0 Å². The van der Waals surface area contributed by atoms with Crippen LogP contribution in [0.25, 0.3) is 22.4 Å². The van der Waals surface area contributed by atoms with Crippen LogP contribution in [0.3, 0.4) is 0 Å². The van der Waals surface area contributed by atoms with Crippen molar-refractivity contribution in [3.05, 3.63) is 54.1 Å². The fraction of sp³-hybridized carbons (Fsp3) is 0. The van der Waals surface area contributed by atoms with Crippen molar-refractivity contribution in [1.29, 1.82) is 0 Å². The molecule has 3 aromatic rings. The number of H-pyrrole nitrogens is 1.